The second kappa shape index (κ2) is 7.52. The lowest BCUT2D eigenvalue weighted by molar-refractivity contribution is 0.544. The van der Waals surface area contributed by atoms with Crippen molar-refractivity contribution in [3.05, 3.63) is 69.0 Å². The van der Waals surface area contributed by atoms with E-state index in [1.807, 2.05) is 0 Å². The molecule has 27 heavy (non-hydrogen) atoms. The molecule has 0 radical (unpaired) electrons. The van der Waals surface area contributed by atoms with Gasteiger partial charge in [-0.3, -0.25) is 4.79 Å². The second-order valence-corrected chi connectivity index (χ2v) is 7.66. The van der Waals surface area contributed by atoms with E-state index in [0.717, 1.165) is 0 Å². The number of benzene rings is 1. The molecule has 0 amide bonds. The summed E-state index contributed by atoms with van der Waals surface area (Å²) in [5.74, 6) is -3.28. The molecule has 1 unspecified atom stereocenters. The predicted octanol–water partition coefficient (Wildman–Crippen LogP) is 5.25. The Morgan fingerprint density at radius 1 is 1.22 bits per heavy atom. The molecule has 2 heterocycles. The van der Waals surface area contributed by atoms with Crippen molar-refractivity contribution in [2.45, 2.75) is 25.2 Å². The van der Waals surface area contributed by atoms with E-state index in [2.05, 4.69) is 21.0 Å². The van der Waals surface area contributed by atoms with Gasteiger partial charge in [-0.15, -0.1) is 0 Å². The lowest BCUT2D eigenvalue weighted by Gasteiger charge is -2.20. The average Bonchev–Trinajstić information content (AvgIpc) is 3.00. The fraction of sp³-hybridized carbons (Fsp3) is 0.222. The lowest BCUT2D eigenvalue weighted by atomic mass is 10.0. The summed E-state index contributed by atoms with van der Waals surface area (Å²) in [6.45, 7) is 3.57. The number of pyridine rings is 1. The van der Waals surface area contributed by atoms with Crippen LogP contribution in [-0.4, -0.2) is 14.3 Å². The number of hydrogen-bond donors (Lipinski definition) is 0. The van der Waals surface area contributed by atoms with Gasteiger partial charge in [0, 0.05) is 35.3 Å². The molecule has 0 aliphatic carbocycles. The van der Waals surface area contributed by atoms with Crippen LogP contribution in [0.2, 0.25) is 5.02 Å². The van der Waals surface area contributed by atoms with Crippen LogP contribution in [0.4, 0.5) is 13.2 Å². The maximum atomic E-state index is 14.5. The number of hydrogen-bond acceptors (Lipinski definition) is 2. The Kier molecular flexibility index (Phi) is 5.48. The van der Waals surface area contributed by atoms with Crippen molar-refractivity contribution in [2.24, 2.45) is 0 Å². The van der Waals surface area contributed by atoms with E-state index in [4.69, 9.17) is 11.6 Å². The first-order chi connectivity index (χ1) is 12.7. The second-order valence-electron chi connectivity index (χ2n) is 5.85. The zero-order valence-corrected chi connectivity index (χ0v) is 16.7. The maximum Gasteiger partial charge on any atom is 0.255 e. The summed E-state index contributed by atoms with van der Waals surface area (Å²) in [5.41, 5.74) is -0.346. The molecule has 0 saturated heterocycles. The quantitative estimate of drug-likeness (QED) is 0.499. The zero-order chi connectivity index (χ0) is 19.9. The highest BCUT2D eigenvalue weighted by Crippen LogP contribution is 2.33. The smallest absolute Gasteiger partial charge is 0.255 e. The molecular weight excluding hydrogens is 447 g/mol. The standard InChI is InChI=1S/C18H14BrClF3N3O/c1-3-25-17(16-13(22)4-11(21)5-14(16)23)15(26-8-10(20)7-24-26)6-12(9(2)19)18(25)27/h4-9H,3H2,1-2H3. The van der Waals surface area contributed by atoms with Gasteiger partial charge in [-0.25, -0.2) is 17.9 Å². The number of aromatic nitrogens is 3. The van der Waals surface area contributed by atoms with Crippen molar-refractivity contribution in [3.8, 4) is 16.9 Å². The molecule has 0 aliphatic rings. The van der Waals surface area contributed by atoms with Gasteiger partial charge in [0.1, 0.15) is 17.5 Å². The Bertz CT molecular complexity index is 1060. The molecule has 0 bridgehead atoms. The molecule has 0 N–H and O–H groups in total. The maximum absolute atomic E-state index is 14.5. The highest BCUT2D eigenvalue weighted by atomic mass is 79.9. The first-order valence-electron chi connectivity index (χ1n) is 8.01. The predicted molar refractivity (Wildman–Crippen MR) is 101 cm³/mol. The molecule has 3 rings (SSSR count). The summed E-state index contributed by atoms with van der Waals surface area (Å²) in [6.07, 6.45) is 2.81. The van der Waals surface area contributed by atoms with Crippen molar-refractivity contribution in [2.75, 3.05) is 0 Å². The fourth-order valence-electron chi connectivity index (χ4n) is 2.90. The van der Waals surface area contributed by atoms with Crippen LogP contribution in [0.5, 0.6) is 0 Å². The van der Waals surface area contributed by atoms with Crippen LogP contribution in [0.15, 0.2) is 35.4 Å². The topological polar surface area (TPSA) is 39.8 Å². The average molecular weight is 461 g/mol. The molecular formula is C18H14BrClF3N3O. The minimum atomic E-state index is -1.12. The summed E-state index contributed by atoms with van der Waals surface area (Å²) in [6, 6.07) is 2.64. The number of halogens is 5. The first-order valence-corrected chi connectivity index (χ1v) is 9.31. The molecule has 0 spiro atoms. The van der Waals surface area contributed by atoms with E-state index >= 15 is 0 Å². The molecule has 2 aromatic heterocycles. The van der Waals surface area contributed by atoms with Gasteiger partial charge in [0.15, 0.2) is 0 Å². The number of nitrogens with zero attached hydrogens (tertiary/aromatic N) is 3. The Morgan fingerprint density at radius 3 is 2.33 bits per heavy atom. The van der Waals surface area contributed by atoms with Gasteiger partial charge in [-0.05, 0) is 19.9 Å². The van der Waals surface area contributed by atoms with E-state index in [-0.39, 0.29) is 22.8 Å². The van der Waals surface area contributed by atoms with Crippen molar-refractivity contribution >= 4 is 27.5 Å². The minimum absolute atomic E-state index is 0.0471. The largest absolute Gasteiger partial charge is 0.306 e. The number of alkyl halides is 1. The van der Waals surface area contributed by atoms with Gasteiger partial charge in [0.25, 0.3) is 5.56 Å². The van der Waals surface area contributed by atoms with E-state index in [1.54, 1.807) is 13.8 Å². The molecule has 0 aliphatic heterocycles. The normalized spacial score (nSPS) is 12.4. The Morgan fingerprint density at radius 2 is 1.85 bits per heavy atom. The molecule has 1 atom stereocenters. The van der Waals surface area contributed by atoms with Crippen LogP contribution in [0.3, 0.4) is 0 Å². The van der Waals surface area contributed by atoms with Crippen LogP contribution < -0.4 is 5.56 Å². The van der Waals surface area contributed by atoms with Crippen LogP contribution >= 0.6 is 27.5 Å². The summed E-state index contributed by atoms with van der Waals surface area (Å²) in [4.78, 5) is 12.6. The third-order valence-corrected chi connectivity index (χ3v) is 4.77. The lowest BCUT2D eigenvalue weighted by Crippen LogP contribution is -2.27. The van der Waals surface area contributed by atoms with Crippen LogP contribution in [0.1, 0.15) is 24.2 Å². The van der Waals surface area contributed by atoms with Crippen LogP contribution in [0.25, 0.3) is 16.9 Å². The highest BCUT2D eigenvalue weighted by Gasteiger charge is 2.25. The molecule has 9 heteroatoms. The Balaban J connectivity index is 2.49. The zero-order valence-electron chi connectivity index (χ0n) is 14.3. The molecule has 3 aromatic rings. The molecule has 0 saturated carbocycles. The molecule has 142 valence electrons. The van der Waals surface area contributed by atoms with Crippen LogP contribution in [-0.2, 0) is 6.54 Å². The van der Waals surface area contributed by atoms with Crippen molar-refractivity contribution < 1.29 is 13.2 Å². The van der Waals surface area contributed by atoms with Crippen molar-refractivity contribution in [1.29, 1.82) is 0 Å². The van der Waals surface area contributed by atoms with Gasteiger partial charge in [-0.1, -0.05) is 27.5 Å². The molecule has 0 fully saturated rings. The number of rotatable bonds is 4. The van der Waals surface area contributed by atoms with Crippen molar-refractivity contribution in [1.82, 2.24) is 14.3 Å². The van der Waals surface area contributed by atoms with Crippen molar-refractivity contribution in [3.63, 3.8) is 0 Å². The summed E-state index contributed by atoms with van der Waals surface area (Å²) in [7, 11) is 0. The van der Waals surface area contributed by atoms with E-state index < -0.39 is 28.6 Å². The van der Waals surface area contributed by atoms with E-state index in [9.17, 15) is 18.0 Å². The van der Waals surface area contributed by atoms with Gasteiger partial charge < -0.3 is 4.57 Å². The van der Waals surface area contributed by atoms with E-state index in [1.165, 1.54) is 27.7 Å². The summed E-state index contributed by atoms with van der Waals surface area (Å²) in [5, 5.41) is 4.40. The van der Waals surface area contributed by atoms with E-state index in [0.29, 0.717) is 22.7 Å². The van der Waals surface area contributed by atoms with Crippen LogP contribution in [0, 0.1) is 17.5 Å². The summed E-state index contributed by atoms with van der Waals surface area (Å²) < 4.78 is 45.0. The Hall–Kier alpha value is -2.06. The van der Waals surface area contributed by atoms with Gasteiger partial charge >= 0.3 is 0 Å². The Labute approximate surface area is 166 Å². The molecule has 1 aromatic carbocycles. The monoisotopic (exact) mass is 459 g/mol. The first kappa shape index (κ1) is 19.7. The minimum Gasteiger partial charge on any atom is -0.306 e. The highest BCUT2D eigenvalue weighted by molar-refractivity contribution is 9.09. The summed E-state index contributed by atoms with van der Waals surface area (Å²) >= 11 is 9.30. The SMILES string of the molecule is CCn1c(-c2c(F)cc(F)cc2F)c(-n2cc(Cl)cn2)cc(C(C)Br)c1=O. The third-order valence-electron chi connectivity index (χ3n) is 4.08. The van der Waals surface area contributed by atoms with Gasteiger partial charge in [-0.2, -0.15) is 5.10 Å². The van der Waals surface area contributed by atoms with Gasteiger partial charge in [0.05, 0.1) is 28.2 Å². The molecule has 4 nitrogen and oxygen atoms in total. The third kappa shape index (κ3) is 3.55. The fourth-order valence-corrected chi connectivity index (χ4v) is 3.36. The van der Waals surface area contributed by atoms with Gasteiger partial charge in [0.2, 0.25) is 0 Å².